The minimum absolute atomic E-state index is 0.262. The fourth-order valence-electron chi connectivity index (χ4n) is 2.75. The Balaban J connectivity index is 1.89. The first-order valence-electron chi connectivity index (χ1n) is 6.14. The van der Waals surface area contributed by atoms with Gasteiger partial charge in [0.15, 0.2) is 17.9 Å². The predicted molar refractivity (Wildman–Crippen MR) is 61.4 cm³/mol. The maximum absolute atomic E-state index is 5.89. The molecule has 0 aliphatic carbocycles. The molecule has 0 aromatic carbocycles. The summed E-state index contributed by atoms with van der Waals surface area (Å²) < 4.78 is 28.9. The van der Waals surface area contributed by atoms with Crippen LogP contribution in [0.5, 0.6) is 0 Å². The van der Waals surface area contributed by atoms with Crippen LogP contribution in [0.25, 0.3) is 0 Å². The summed E-state index contributed by atoms with van der Waals surface area (Å²) in [6, 6.07) is 0. The van der Waals surface area contributed by atoms with Crippen molar-refractivity contribution in [2.75, 3.05) is 0 Å². The fraction of sp³-hybridized carbons (Fsp3) is 0.846. The van der Waals surface area contributed by atoms with Crippen LogP contribution in [0.2, 0.25) is 0 Å². The molecule has 3 aliphatic rings. The first-order valence-corrected chi connectivity index (χ1v) is 6.14. The molecule has 3 rings (SSSR count). The third kappa shape index (κ3) is 1.85. The number of hydrogen-bond donors (Lipinski definition) is 0. The van der Waals surface area contributed by atoms with E-state index < -0.39 is 24.0 Å². The summed E-state index contributed by atoms with van der Waals surface area (Å²) in [4.78, 5) is 0. The number of terminal acetylenes is 1. The molecule has 3 saturated heterocycles. The molecule has 5 heteroatoms. The van der Waals surface area contributed by atoms with Gasteiger partial charge in [0.1, 0.15) is 24.4 Å². The van der Waals surface area contributed by atoms with Crippen molar-refractivity contribution in [3.63, 3.8) is 0 Å². The van der Waals surface area contributed by atoms with E-state index in [0.29, 0.717) is 0 Å². The van der Waals surface area contributed by atoms with E-state index in [1.165, 1.54) is 0 Å². The monoisotopic (exact) mass is 254 g/mol. The Morgan fingerprint density at radius 1 is 0.833 bits per heavy atom. The Hall–Kier alpha value is -0.640. The lowest BCUT2D eigenvalue weighted by atomic mass is 9.99. The van der Waals surface area contributed by atoms with Gasteiger partial charge in [0.2, 0.25) is 0 Å². The van der Waals surface area contributed by atoms with Crippen LogP contribution in [-0.4, -0.2) is 42.3 Å². The van der Waals surface area contributed by atoms with Crippen LogP contribution >= 0.6 is 0 Å². The molecule has 3 fully saturated rings. The molecule has 100 valence electrons. The van der Waals surface area contributed by atoms with Crippen LogP contribution in [0.4, 0.5) is 0 Å². The Morgan fingerprint density at radius 2 is 1.39 bits per heavy atom. The van der Waals surface area contributed by atoms with E-state index in [2.05, 4.69) is 5.92 Å². The van der Waals surface area contributed by atoms with E-state index in [4.69, 9.17) is 30.1 Å². The van der Waals surface area contributed by atoms with Crippen LogP contribution in [0.15, 0.2) is 0 Å². The van der Waals surface area contributed by atoms with Gasteiger partial charge in [0.25, 0.3) is 0 Å². The molecule has 2 unspecified atom stereocenters. The van der Waals surface area contributed by atoms with Gasteiger partial charge in [-0.05, 0) is 27.7 Å². The molecule has 0 spiro atoms. The molecule has 0 saturated carbocycles. The lowest BCUT2D eigenvalue weighted by Gasteiger charge is -2.34. The van der Waals surface area contributed by atoms with Crippen LogP contribution in [0.3, 0.4) is 0 Å². The van der Waals surface area contributed by atoms with Crippen LogP contribution in [0, 0.1) is 12.3 Å². The molecular weight excluding hydrogens is 236 g/mol. The maximum atomic E-state index is 5.89. The summed E-state index contributed by atoms with van der Waals surface area (Å²) in [5.74, 6) is 1.21. The van der Waals surface area contributed by atoms with E-state index >= 15 is 0 Å². The van der Waals surface area contributed by atoms with Gasteiger partial charge in [-0.1, -0.05) is 5.92 Å². The van der Waals surface area contributed by atoms with Crippen molar-refractivity contribution in [2.24, 2.45) is 0 Å². The molecule has 0 radical (unpaired) electrons. The SMILES string of the molecule is C#C[C@@H]1OC2OC(C)(C)O[C@H]2C2OC(C)(C)O[C@@H]21. The van der Waals surface area contributed by atoms with Gasteiger partial charge in [-0.15, -0.1) is 6.42 Å². The highest BCUT2D eigenvalue weighted by atomic mass is 16.9. The molecule has 0 N–H and O–H groups in total. The van der Waals surface area contributed by atoms with Crippen LogP contribution < -0.4 is 0 Å². The molecule has 3 heterocycles. The molecule has 0 amide bonds. The second kappa shape index (κ2) is 3.69. The Kier molecular flexibility index (Phi) is 2.54. The van der Waals surface area contributed by atoms with Crippen molar-refractivity contribution in [3.8, 4) is 12.3 Å². The highest BCUT2D eigenvalue weighted by Crippen LogP contribution is 2.43. The van der Waals surface area contributed by atoms with E-state index in [1.807, 2.05) is 27.7 Å². The highest BCUT2D eigenvalue weighted by Gasteiger charge is 2.60. The van der Waals surface area contributed by atoms with Crippen molar-refractivity contribution in [1.82, 2.24) is 0 Å². The highest BCUT2D eigenvalue weighted by molar-refractivity contribution is 5.10. The molecule has 5 atom stereocenters. The van der Waals surface area contributed by atoms with Gasteiger partial charge in [0.05, 0.1) is 0 Å². The van der Waals surface area contributed by atoms with E-state index in [9.17, 15) is 0 Å². The molecule has 0 aromatic rings. The maximum Gasteiger partial charge on any atom is 0.191 e. The second-order valence-electron chi connectivity index (χ2n) is 5.76. The zero-order valence-corrected chi connectivity index (χ0v) is 11.0. The molecule has 5 nitrogen and oxygen atoms in total. The average molecular weight is 254 g/mol. The van der Waals surface area contributed by atoms with Crippen LogP contribution in [0.1, 0.15) is 27.7 Å². The van der Waals surface area contributed by atoms with Gasteiger partial charge >= 0.3 is 0 Å². The van der Waals surface area contributed by atoms with Crippen molar-refractivity contribution < 1.29 is 23.7 Å². The van der Waals surface area contributed by atoms with Gasteiger partial charge < -0.3 is 23.7 Å². The third-order valence-corrected chi connectivity index (χ3v) is 3.32. The average Bonchev–Trinajstić information content (AvgIpc) is 2.71. The Bertz CT molecular complexity index is 397. The van der Waals surface area contributed by atoms with Gasteiger partial charge in [-0.3, -0.25) is 0 Å². The topological polar surface area (TPSA) is 46.2 Å². The lowest BCUT2D eigenvalue weighted by Crippen LogP contribution is -2.54. The largest absolute Gasteiger partial charge is 0.341 e. The minimum Gasteiger partial charge on any atom is -0.341 e. The molecule has 18 heavy (non-hydrogen) atoms. The lowest BCUT2D eigenvalue weighted by molar-refractivity contribution is -0.220. The van der Waals surface area contributed by atoms with Gasteiger partial charge in [-0.2, -0.15) is 0 Å². The minimum atomic E-state index is -0.695. The van der Waals surface area contributed by atoms with Crippen molar-refractivity contribution in [3.05, 3.63) is 0 Å². The summed E-state index contributed by atoms with van der Waals surface area (Å²) in [5.41, 5.74) is 0. The van der Waals surface area contributed by atoms with Crippen molar-refractivity contribution in [1.29, 1.82) is 0 Å². The number of ether oxygens (including phenoxy) is 5. The Morgan fingerprint density at radius 3 is 2.06 bits per heavy atom. The number of hydrogen-bond acceptors (Lipinski definition) is 5. The molecule has 0 bridgehead atoms. The number of rotatable bonds is 0. The molecular formula is C13H18O5. The van der Waals surface area contributed by atoms with E-state index in [-0.39, 0.29) is 18.3 Å². The van der Waals surface area contributed by atoms with Gasteiger partial charge in [-0.25, -0.2) is 0 Å². The normalized spacial score (nSPS) is 48.3. The standard InChI is InChI=1S/C13H18O5/c1-6-7-8-9(16-12(2,3)15-8)10-11(14-7)18-13(4,5)17-10/h1,7-11H,2-5H3/t7-,8+,9?,10-,11?/m0/s1. The zero-order chi connectivity index (χ0) is 13.1. The number of fused-ring (bicyclic) bond motifs is 3. The second-order valence-corrected chi connectivity index (χ2v) is 5.76. The summed E-state index contributed by atoms with van der Waals surface area (Å²) >= 11 is 0. The summed E-state index contributed by atoms with van der Waals surface area (Å²) in [7, 11) is 0. The fourth-order valence-corrected chi connectivity index (χ4v) is 2.75. The molecule has 3 aliphatic heterocycles. The summed E-state index contributed by atoms with van der Waals surface area (Å²) in [6.07, 6.45) is 3.63. The smallest absolute Gasteiger partial charge is 0.191 e. The zero-order valence-electron chi connectivity index (χ0n) is 11.0. The predicted octanol–water partition coefficient (Wildman–Crippen LogP) is 1.02. The third-order valence-electron chi connectivity index (χ3n) is 3.32. The summed E-state index contributed by atoms with van der Waals surface area (Å²) in [6.45, 7) is 7.40. The molecule has 0 aromatic heterocycles. The quantitative estimate of drug-likeness (QED) is 0.604. The Labute approximate surface area is 107 Å². The first kappa shape index (κ1) is 12.4. The van der Waals surface area contributed by atoms with Crippen LogP contribution in [-0.2, 0) is 23.7 Å². The summed E-state index contributed by atoms with van der Waals surface area (Å²) in [5, 5.41) is 0. The van der Waals surface area contributed by atoms with E-state index in [1.54, 1.807) is 0 Å². The van der Waals surface area contributed by atoms with Crippen molar-refractivity contribution >= 4 is 0 Å². The van der Waals surface area contributed by atoms with Crippen molar-refractivity contribution in [2.45, 2.75) is 70.0 Å². The first-order chi connectivity index (χ1) is 8.31. The van der Waals surface area contributed by atoms with E-state index in [0.717, 1.165) is 0 Å². The van der Waals surface area contributed by atoms with Gasteiger partial charge in [0, 0.05) is 0 Å².